The first-order valence-corrected chi connectivity index (χ1v) is 9.90. The standard InChI is InChI=1S/C19H27N3O3S/c1-23-17-7-6-15(13-18(17)24-2)14-22-19(21-10-12-26-3)20-9-8-16-5-4-11-25-16/h4-7,11,13H,8-10,12,14H2,1-3H3,(H2,20,21,22). The quantitative estimate of drug-likeness (QED) is 0.377. The third-order valence-corrected chi connectivity index (χ3v) is 4.32. The van der Waals surface area contributed by atoms with Gasteiger partial charge in [-0.3, -0.25) is 0 Å². The maximum Gasteiger partial charge on any atom is 0.191 e. The van der Waals surface area contributed by atoms with Crippen molar-refractivity contribution in [3.05, 3.63) is 47.9 Å². The van der Waals surface area contributed by atoms with Crippen molar-refractivity contribution in [3.63, 3.8) is 0 Å². The van der Waals surface area contributed by atoms with Gasteiger partial charge in [0.1, 0.15) is 5.76 Å². The summed E-state index contributed by atoms with van der Waals surface area (Å²) in [7, 11) is 3.27. The number of furan rings is 1. The smallest absolute Gasteiger partial charge is 0.191 e. The number of methoxy groups -OCH3 is 2. The van der Waals surface area contributed by atoms with E-state index in [0.29, 0.717) is 12.3 Å². The van der Waals surface area contributed by atoms with E-state index in [2.05, 4.69) is 21.9 Å². The highest BCUT2D eigenvalue weighted by atomic mass is 32.2. The van der Waals surface area contributed by atoms with Crippen LogP contribution in [0.25, 0.3) is 0 Å². The minimum Gasteiger partial charge on any atom is -0.493 e. The van der Waals surface area contributed by atoms with Gasteiger partial charge >= 0.3 is 0 Å². The molecule has 7 heteroatoms. The number of aliphatic imine (C=N–C) groups is 1. The van der Waals surface area contributed by atoms with Crippen molar-refractivity contribution in [1.82, 2.24) is 10.6 Å². The predicted molar refractivity (Wildman–Crippen MR) is 107 cm³/mol. The van der Waals surface area contributed by atoms with Crippen LogP contribution in [0.1, 0.15) is 11.3 Å². The van der Waals surface area contributed by atoms with Gasteiger partial charge in [0.05, 0.1) is 27.0 Å². The van der Waals surface area contributed by atoms with Gasteiger partial charge in [-0.05, 0) is 36.1 Å². The van der Waals surface area contributed by atoms with Crippen LogP contribution >= 0.6 is 11.8 Å². The highest BCUT2D eigenvalue weighted by Crippen LogP contribution is 2.27. The molecule has 0 amide bonds. The zero-order valence-electron chi connectivity index (χ0n) is 15.6. The molecular formula is C19H27N3O3S. The average molecular weight is 378 g/mol. The van der Waals surface area contributed by atoms with Gasteiger partial charge in [0.15, 0.2) is 17.5 Å². The van der Waals surface area contributed by atoms with Crippen molar-refractivity contribution in [2.24, 2.45) is 4.99 Å². The summed E-state index contributed by atoms with van der Waals surface area (Å²) in [5.74, 6) is 4.20. The molecule has 0 aliphatic heterocycles. The second-order valence-corrected chi connectivity index (χ2v) is 6.52. The van der Waals surface area contributed by atoms with E-state index < -0.39 is 0 Å². The van der Waals surface area contributed by atoms with E-state index >= 15 is 0 Å². The van der Waals surface area contributed by atoms with Crippen LogP contribution in [-0.4, -0.2) is 45.3 Å². The Kier molecular flexibility index (Phi) is 8.75. The first-order valence-electron chi connectivity index (χ1n) is 8.51. The highest BCUT2D eigenvalue weighted by Gasteiger charge is 2.05. The number of thioether (sulfide) groups is 1. The van der Waals surface area contributed by atoms with Crippen molar-refractivity contribution in [3.8, 4) is 11.5 Å². The molecule has 0 saturated heterocycles. The van der Waals surface area contributed by atoms with E-state index in [4.69, 9.17) is 13.9 Å². The van der Waals surface area contributed by atoms with Gasteiger partial charge in [0.25, 0.3) is 0 Å². The lowest BCUT2D eigenvalue weighted by Gasteiger charge is -2.12. The number of guanidine groups is 1. The Labute approximate surface area is 159 Å². The van der Waals surface area contributed by atoms with Crippen LogP contribution in [0.3, 0.4) is 0 Å². The third-order valence-electron chi connectivity index (χ3n) is 3.71. The SMILES string of the molecule is COc1ccc(CN=C(NCCSC)NCCc2ccco2)cc1OC. The summed E-state index contributed by atoms with van der Waals surface area (Å²) in [6.07, 6.45) is 4.59. The summed E-state index contributed by atoms with van der Waals surface area (Å²) in [6, 6.07) is 9.72. The molecule has 1 aromatic carbocycles. The number of nitrogens with zero attached hydrogens (tertiary/aromatic N) is 1. The molecule has 2 N–H and O–H groups in total. The first kappa shape index (κ1) is 20.0. The Balaban J connectivity index is 1.96. The van der Waals surface area contributed by atoms with Crippen LogP contribution in [0.15, 0.2) is 46.0 Å². The van der Waals surface area contributed by atoms with Gasteiger partial charge < -0.3 is 24.5 Å². The third kappa shape index (κ3) is 6.55. The van der Waals surface area contributed by atoms with Crippen molar-refractivity contribution in [2.45, 2.75) is 13.0 Å². The molecule has 0 aliphatic rings. The van der Waals surface area contributed by atoms with Crippen LogP contribution in [0.2, 0.25) is 0 Å². The zero-order valence-corrected chi connectivity index (χ0v) is 16.4. The Hall–Kier alpha value is -2.28. The molecule has 0 aliphatic carbocycles. The molecule has 6 nitrogen and oxygen atoms in total. The predicted octanol–water partition coefficient (Wildman–Crippen LogP) is 2.94. The first-order chi connectivity index (χ1) is 12.8. The molecular weight excluding hydrogens is 350 g/mol. The van der Waals surface area contributed by atoms with Crippen molar-refractivity contribution < 1.29 is 13.9 Å². The molecule has 2 rings (SSSR count). The molecule has 0 unspecified atom stereocenters. The molecule has 0 radical (unpaired) electrons. The largest absolute Gasteiger partial charge is 0.493 e. The number of benzene rings is 1. The Bertz CT molecular complexity index is 675. The summed E-state index contributed by atoms with van der Waals surface area (Å²) in [5, 5.41) is 6.71. The summed E-state index contributed by atoms with van der Waals surface area (Å²) in [5.41, 5.74) is 1.06. The summed E-state index contributed by atoms with van der Waals surface area (Å²) < 4.78 is 16.0. The fourth-order valence-corrected chi connectivity index (χ4v) is 2.66. The van der Waals surface area contributed by atoms with Crippen LogP contribution in [0, 0.1) is 0 Å². The van der Waals surface area contributed by atoms with Gasteiger partial charge in [-0.2, -0.15) is 11.8 Å². The van der Waals surface area contributed by atoms with Gasteiger partial charge in [-0.25, -0.2) is 4.99 Å². The second-order valence-electron chi connectivity index (χ2n) is 5.53. The van der Waals surface area contributed by atoms with Gasteiger partial charge in [0.2, 0.25) is 0 Å². The molecule has 0 fully saturated rings. The van der Waals surface area contributed by atoms with Crippen LogP contribution in [0.5, 0.6) is 11.5 Å². The van der Waals surface area contributed by atoms with Gasteiger partial charge in [-0.15, -0.1) is 0 Å². The minimum atomic E-state index is 0.551. The van der Waals surface area contributed by atoms with Crippen LogP contribution < -0.4 is 20.1 Å². The molecule has 1 heterocycles. The number of rotatable bonds is 10. The summed E-state index contributed by atoms with van der Waals surface area (Å²) >= 11 is 1.80. The Morgan fingerprint density at radius 1 is 1.12 bits per heavy atom. The molecule has 142 valence electrons. The summed E-state index contributed by atoms with van der Waals surface area (Å²) in [6.45, 7) is 2.17. The van der Waals surface area contributed by atoms with E-state index in [1.54, 1.807) is 32.2 Å². The highest BCUT2D eigenvalue weighted by molar-refractivity contribution is 7.98. The molecule has 0 spiro atoms. The second kappa shape index (κ2) is 11.4. The van der Waals surface area contributed by atoms with E-state index in [1.165, 1.54) is 0 Å². The number of hydrogen-bond donors (Lipinski definition) is 2. The average Bonchev–Trinajstić information content (AvgIpc) is 3.19. The van der Waals surface area contributed by atoms with Gasteiger partial charge in [0, 0.05) is 25.3 Å². The summed E-state index contributed by atoms with van der Waals surface area (Å²) in [4.78, 5) is 4.67. The normalized spacial score (nSPS) is 11.3. The Morgan fingerprint density at radius 2 is 1.92 bits per heavy atom. The molecule has 0 atom stereocenters. The zero-order chi connectivity index (χ0) is 18.6. The number of nitrogens with one attached hydrogen (secondary N) is 2. The van der Waals surface area contributed by atoms with E-state index in [1.807, 2.05) is 30.3 Å². The lowest BCUT2D eigenvalue weighted by molar-refractivity contribution is 0.354. The molecule has 0 bridgehead atoms. The number of hydrogen-bond acceptors (Lipinski definition) is 5. The minimum absolute atomic E-state index is 0.551. The lowest BCUT2D eigenvalue weighted by atomic mass is 10.2. The van der Waals surface area contributed by atoms with E-state index in [-0.39, 0.29) is 0 Å². The van der Waals surface area contributed by atoms with Crippen molar-refractivity contribution in [2.75, 3.05) is 39.3 Å². The van der Waals surface area contributed by atoms with Gasteiger partial charge in [-0.1, -0.05) is 6.07 Å². The molecule has 0 saturated carbocycles. The fourth-order valence-electron chi connectivity index (χ4n) is 2.35. The fraction of sp³-hybridized carbons (Fsp3) is 0.421. The molecule has 1 aromatic heterocycles. The molecule has 2 aromatic rings. The monoisotopic (exact) mass is 377 g/mol. The maximum absolute atomic E-state index is 5.36. The lowest BCUT2D eigenvalue weighted by Crippen LogP contribution is -2.39. The van der Waals surface area contributed by atoms with E-state index in [0.717, 1.165) is 48.3 Å². The Morgan fingerprint density at radius 3 is 2.62 bits per heavy atom. The van der Waals surface area contributed by atoms with E-state index in [9.17, 15) is 0 Å². The topological polar surface area (TPSA) is 68.0 Å². The maximum atomic E-state index is 5.36. The van der Waals surface area contributed by atoms with Crippen molar-refractivity contribution >= 4 is 17.7 Å². The van der Waals surface area contributed by atoms with Crippen LogP contribution in [0.4, 0.5) is 0 Å². The van der Waals surface area contributed by atoms with Crippen LogP contribution in [-0.2, 0) is 13.0 Å². The van der Waals surface area contributed by atoms with Crippen molar-refractivity contribution in [1.29, 1.82) is 0 Å². The number of ether oxygens (including phenoxy) is 2. The molecule has 26 heavy (non-hydrogen) atoms.